The van der Waals surface area contributed by atoms with Crippen molar-refractivity contribution in [2.45, 2.75) is 6.42 Å². The second kappa shape index (κ2) is 8.00. The van der Waals surface area contributed by atoms with Crippen LogP contribution >= 0.6 is 27.5 Å². The molecule has 0 fully saturated rings. The molecular weight excluding hydrogens is 381 g/mol. The van der Waals surface area contributed by atoms with E-state index in [2.05, 4.69) is 31.6 Å². The van der Waals surface area contributed by atoms with Gasteiger partial charge in [-0.25, -0.2) is 4.39 Å². The van der Waals surface area contributed by atoms with Gasteiger partial charge in [-0.05, 0) is 29.8 Å². The van der Waals surface area contributed by atoms with Gasteiger partial charge in [0.05, 0.1) is 17.7 Å². The highest BCUT2D eigenvalue weighted by atomic mass is 79.9. The lowest BCUT2D eigenvalue weighted by atomic mass is 10.3. The molecule has 0 radical (unpaired) electrons. The van der Waals surface area contributed by atoms with Crippen molar-refractivity contribution in [2.24, 2.45) is 5.16 Å². The lowest BCUT2D eigenvalue weighted by molar-refractivity contribution is 0.279. The summed E-state index contributed by atoms with van der Waals surface area (Å²) in [6, 6.07) is 5.46. The molecule has 0 saturated heterocycles. The molecule has 118 valence electrons. The minimum atomic E-state index is -0.545. The molecule has 1 aromatic carbocycles. The Hall–Kier alpha value is -1.80. The molecule has 6 nitrogen and oxygen atoms in total. The van der Waals surface area contributed by atoms with Crippen molar-refractivity contribution in [2.75, 3.05) is 17.3 Å². The molecular formula is C13H12BrClFN3O3. The highest BCUT2D eigenvalue weighted by Gasteiger charge is 2.14. The van der Waals surface area contributed by atoms with Crippen LogP contribution < -0.4 is 10.1 Å². The van der Waals surface area contributed by atoms with E-state index in [4.69, 9.17) is 26.1 Å². The molecule has 0 aliphatic rings. The van der Waals surface area contributed by atoms with Crippen LogP contribution in [0.2, 0.25) is 5.02 Å². The molecule has 2 aromatic rings. The summed E-state index contributed by atoms with van der Waals surface area (Å²) in [4.78, 5) is 0. The van der Waals surface area contributed by atoms with E-state index >= 15 is 0 Å². The maximum atomic E-state index is 13.1. The Labute approximate surface area is 139 Å². The van der Waals surface area contributed by atoms with Crippen LogP contribution in [0.1, 0.15) is 12.2 Å². The van der Waals surface area contributed by atoms with E-state index in [0.717, 1.165) is 11.8 Å². The second-order valence-corrected chi connectivity index (χ2v) is 5.32. The maximum absolute atomic E-state index is 13.1. The monoisotopic (exact) mass is 391 g/mol. The van der Waals surface area contributed by atoms with Gasteiger partial charge in [0.1, 0.15) is 5.82 Å². The SMILES string of the molecule is ON=C(Nc1ccc(F)c(Cl)c1)c1cc(OCCCBr)no1. The largest absolute Gasteiger partial charge is 0.475 e. The smallest absolute Gasteiger partial charge is 0.254 e. The normalized spacial score (nSPS) is 11.5. The lowest BCUT2D eigenvalue weighted by Crippen LogP contribution is -2.12. The first-order valence-electron chi connectivity index (χ1n) is 6.24. The van der Waals surface area contributed by atoms with E-state index in [0.29, 0.717) is 12.3 Å². The Morgan fingerprint density at radius 1 is 1.50 bits per heavy atom. The average Bonchev–Trinajstić information content (AvgIpc) is 2.97. The zero-order valence-electron chi connectivity index (χ0n) is 11.2. The van der Waals surface area contributed by atoms with Crippen molar-refractivity contribution in [3.05, 3.63) is 40.9 Å². The van der Waals surface area contributed by atoms with Crippen molar-refractivity contribution in [3.63, 3.8) is 0 Å². The molecule has 1 heterocycles. The van der Waals surface area contributed by atoms with Crippen LogP contribution in [-0.2, 0) is 0 Å². The molecule has 9 heteroatoms. The molecule has 0 spiro atoms. The van der Waals surface area contributed by atoms with Gasteiger partial charge < -0.3 is 19.8 Å². The van der Waals surface area contributed by atoms with Crippen LogP contribution in [0.15, 0.2) is 33.9 Å². The van der Waals surface area contributed by atoms with E-state index in [1.54, 1.807) is 0 Å². The third-order valence-corrected chi connectivity index (χ3v) is 3.38. The average molecular weight is 393 g/mol. The van der Waals surface area contributed by atoms with Gasteiger partial charge in [0.15, 0.2) is 0 Å². The number of alkyl halides is 1. The summed E-state index contributed by atoms with van der Waals surface area (Å²) in [6.45, 7) is 0.476. The van der Waals surface area contributed by atoms with Crippen molar-refractivity contribution < 1.29 is 18.9 Å². The summed E-state index contributed by atoms with van der Waals surface area (Å²) < 4.78 is 23.5. The number of ether oxygens (including phenoxy) is 1. The van der Waals surface area contributed by atoms with Crippen molar-refractivity contribution in [1.82, 2.24) is 5.16 Å². The van der Waals surface area contributed by atoms with Gasteiger partial charge in [0, 0.05) is 11.0 Å². The number of nitrogens with zero attached hydrogens (tertiary/aromatic N) is 2. The standard InChI is InChI=1S/C13H12BrClFN3O3/c14-4-1-5-21-12-7-11(22-19-12)13(18-20)17-8-2-3-10(16)9(15)6-8/h2-3,6-7,20H,1,4-5H2,(H,17,18). The number of amidine groups is 1. The van der Waals surface area contributed by atoms with Crippen LogP contribution in [0.4, 0.5) is 10.1 Å². The molecule has 1 aromatic heterocycles. The number of hydrogen-bond donors (Lipinski definition) is 2. The number of halogens is 3. The van der Waals surface area contributed by atoms with Crippen LogP contribution in [0.3, 0.4) is 0 Å². The predicted molar refractivity (Wildman–Crippen MR) is 83.8 cm³/mol. The Morgan fingerprint density at radius 3 is 3.00 bits per heavy atom. The zero-order chi connectivity index (χ0) is 15.9. The number of rotatable bonds is 6. The van der Waals surface area contributed by atoms with Gasteiger partial charge in [0.2, 0.25) is 11.6 Å². The van der Waals surface area contributed by atoms with Crippen LogP contribution in [0.25, 0.3) is 0 Å². The molecule has 0 bridgehead atoms. The first-order valence-corrected chi connectivity index (χ1v) is 7.74. The number of hydrogen-bond acceptors (Lipinski definition) is 5. The van der Waals surface area contributed by atoms with E-state index in [-0.39, 0.29) is 22.5 Å². The van der Waals surface area contributed by atoms with E-state index in [1.165, 1.54) is 24.3 Å². The number of anilines is 1. The van der Waals surface area contributed by atoms with Gasteiger partial charge >= 0.3 is 0 Å². The Kier molecular flexibility index (Phi) is 6.02. The predicted octanol–water partition coefficient (Wildman–Crippen LogP) is 3.88. The summed E-state index contributed by atoms with van der Waals surface area (Å²) in [5.74, 6) is -0.116. The Balaban J connectivity index is 2.07. The number of nitrogens with one attached hydrogen (secondary N) is 1. The number of oxime groups is 1. The van der Waals surface area contributed by atoms with Gasteiger partial charge in [-0.1, -0.05) is 32.7 Å². The summed E-state index contributed by atoms with van der Waals surface area (Å²) in [5, 5.41) is 19.4. The van der Waals surface area contributed by atoms with Crippen molar-refractivity contribution in [3.8, 4) is 5.88 Å². The highest BCUT2D eigenvalue weighted by molar-refractivity contribution is 9.09. The van der Waals surface area contributed by atoms with Gasteiger partial charge in [-0.15, -0.1) is 0 Å². The van der Waals surface area contributed by atoms with Gasteiger partial charge in [0.25, 0.3) is 5.88 Å². The fourth-order valence-corrected chi connectivity index (χ4v) is 1.93. The summed E-state index contributed by atoms with van der Waals surface area (Å²) in [6.07, 6.45) is 0.815. The number of benzene rings is 1. The maximum Gasteiger partial charge on any atom is 0.254 e. The zero-order valence-corrected chi connectivity index (χ0v) is 13.6. The third-order valence-electron chi connectivity index (χ3n) is 2.53. The molecule has 2 rings (SSSR count). The summed E-state index contributed by atoms with van der Waals surface area (Å²) in [5.41, 5.74) is 0.428. The molecule has 0 unspecified atom stereocenters. The van der Waals surface area contributed by atoms with Crippen LogP contribution in [-0.4, -0.2) is 28.1 Å². The van der Waals surface area contributed by atoms with Crippen LogP contribution in [0, 0.1) is 5.82 Å². The second-order valence-electron chi connectivity index (χ2n) is 4.12. The van der Waals surface area contributed by atoms with E-state index in [9.17, 15) is 4.39 Å². The van der Waals surface area contributed by atoms with Gasteiger partial charge in [-0.2, -0.15) is 0 Å². The van der Waals surface area contributed by atoms with E-state index in [1.807, 2.05) is 0 Å². The fraction of sp³-hybridized carbons (Fsp3) is 0.231. The molecule has 0 saturated carbocycles. The Bertz CT molecular complexity index is 666. The van der Waals surface area contributed by atoms with E-state index < -0.39 is 5.82 Å². The highest BCUT2D eigenvalue weighted by Crippen LogP contribution is 2.21. The topological polar surface area (TPSA) is 79.9 Å². The lowest BCUT2D eigenvalue weighted by Gasteiger charge is -2.05. The first kappa shape index (κ1) is 16.6. The minimum absolute atomic E-state index is 0.00878. The van der Waals surface area contributed by atoms with Crippen LogP contribution in [0.5, 0.6) is 5.88 Å². The fourth-order valence-electron chi connectivity index (χ4n) is 1.52. The molecule has 0 aliphatic carbocycles. The van der Waals surface area contributed by atoms with Gasteiger partial charge in [-0.3, -0.25) is 0 Å². The molecule has 2 N–H and O–H groups in total. The quantitative estimate of drug-likeness (QED) is 0.195. The molecule has 0 aliphatic heterocycles. The summed E-state index contributed by atoms with van der Waals surface area (Å²) >= 11 is 8.97. The molecule has 0 atom stereocenters. The number of aromatic nitrogens is 1. The molecule has 0 amide bonds. The summed E-state index contributed by atoms with van der Waals surface area (Å²) in [7, 11) is 0. The van der Waals surface area contributed by atoms with Crippen molar-refractivity contribution >= 4 is 39.1 Å². The first-order chi connectivity index (χ1) is 10.6. The molecule has 22 heavy (non-hydrogen) atoms. The minimum Gasteiger partial charge on any atom is -0.475 e. The Morgan fingerprint density at radius 2 is 2.32 bits per heavy atom. The third kappa shape index (κ3) is 4.35. The van der Waals surface area contributed by atoms with Crippen molar-refractivity contribution in [1.29, 1.82) is 0 Å².